The lowest BCUT2D eigenvalue weighted by Gasteiger charge is -2.33. The van der Waals surface area contributed by atoms with Crippen LogP contribution in [-0.4, -0.2) is 66.1 Å². The average Bonchev–Trinajstić information content (AvgIpc) is 3.21. The lowest BCUT2D eigenvalue weighted by Crippen LogP contribution is -2.47. The van der Waals surface area contributed by atoms with Crippen LogP contribution >= 0.6 is 11.3 Å². The number of nitrogens with zero attached hydrogens (tertiary/aromatic N) is 6. The highest BCUT2D eigenvalue weighted by atomic mass is 32.2. The number of hydrogen-bond donors (Lipinski definition) is 1. The molecule has 32 heavy (non-hydrogen) atoms. The summed E-state index contributed by atoms with van der Waals surface area (Å²) in [5.41, 5.74) is 3.98. The Morgan fingerprint density at radius 1 is 1.03 bits per heavy atom. The molecule has 164 valence electrons. The third kappa shape index (κ3) is 4.89. The van der Waals surface area contributed by atoms with Crippen LogP contribution in [0.4, 0.5) is 10.9 Å². The van der Waals surface area contributed by atoms with Gasteiger partial charge in [0.2, 0.25) is 0 Å². The van der Waals surface area contributed by atoms with E-state index in [2.05, 4.69) is 31.2 Å². The van der Waals surface area contributed by atoms with Gasteiger partial charge in [0.05, 0.1) is 18.8 Å². The SMILES string of the molecule is C[S+]([O-])N1CCN(Cc2ccnc(Nc3nc4ccc(-c5ccncc5)nc4s3)c2)CC1. The Balaban J connectivity index is 1.27. The molecule has 0 radical (unpaired) electrons. The van der Waals surface area contributed by atoms with Crippen molar-refractivity contribution in [1.82, 2.24) is 29.1 Å². The number of piperazine rings is 1. The summed E-state index contributed by atoms with van der Waals surface area (Å²) in [6, 6.07) is 12.0. The molecule has 0 aromatic carbocycles. The lowest BCUT2D eigenvalue weighted by molar-refractivity contribution is 0.182. The van der Waals surface area contributed by atoms with Gasteiger partial charge in [-0.25, -0.2) is 15.0 Å². The Hall–Kier alpha value is -2.63. The van der Waals surface area contributed by atoms with Gasteiger partial charge in [-0.1, -0.05) is 11.3 Å². The molecule has 1 fully saturated rings. The Bertz CT molecular complexity index is 1190. The van der Waals surface area contributed by atoms with Crippen molar-refractivity contribution in [1.29, 1.82) is 0 Å². The predicted octanol–water partition coefficient (Wildman–Crippen LogP) is 3.30. The van der Waals surface area contributed by atoms with Crippen molar-refractivity contribution in [2.24, 2.45) is 0 Å². The molecule has 0 aliphatic carbocycles. The van der Waals surface area contributed by atoms with E-state index in [-0.39, 0.29) is 0 Å². The zero-order chi connectivity index (χ0) is 21.9. The normalized spacial score (nSPS) is 16.3. The summed E-state index contributed by atoms with van der Waals surface area (Å²) >= 11 is 0.625. The maximum Gasteiger partial charge on any atom is 0.190 e. The van der Waals surface area contributed by atoms with E-state index in [1.54, 1.807) is 18.6 Å². The molecular weight excluding hydrogens is 442 g/mol. The Labute approximate surface area is 193 Å². The van der Waals surface area contributed by atoms with Crippen LogP contribution in [0, 0.1) is 0 Å². The molecule has 4 aromatic rings. The predicted molar refractivity (Wildman–Crippen MR) is 129 cm³/mol. The quantitative estimate of drug-likeness (QED) is 0.434. The number of thiazole rings is 1. The van der Waals surface area contributed by atoms with E-state index < -0.39 is 11.4 Å². The number of nitrogens with one attached hydrogen (secondary N) is 1. The van der Waals surface area contributed by atoms with Crippen molar-refractivity contribution < 1.29 is 4.55 Å². The van der Waals surface area contributed by atoms with E-state index in [0.29, 0.717) is 0 Å². The summed E-state index contributed by atoms with van der Waals surface area (Å²) in [4.78, 5) is 21.2. The van der Waals surface area contributed by atoms with Gasteiger partial charge in [0.15, 0.2) is 5.13 Å². The Kier molecular flexibility index (Phi) is 6.28. The van der Waals surface area contributed by atoms with Gasteiger partial charge in [-0.15, -0.1) is 4.31 Å². The second-order valence-corrected chi connectivity index (χ2v) is 9.92. The van der Waals surface area contributed by atoms with Gasteiger partial charge in [0.1, 0.15) is 22.4 Å². The fourth-order valence-corrected chi connectivity index (χ4v) is 5.23. The molecule has 10 heteroatoms. The highest BCUT2D eigenvalue weighted by molar-refractivity contribution is 7.88. The monoisotopic (exact) mass is 465 g/mol. The van der Waals surface area contributed by atoms with Gasteiger partial charge in [-0.3, -0.25) is 9.88 Å². The van der Waals surface area contributed by atoms with Crippen molar-refractivity contribution in [3.63, 3.8) is 0 Å². The minimum absolute atomic E-state index is 0.767. The number of hydrogen-bond acceptors (Lipinski definition) is 9. The average molecular weight is 466 g/mol. The van der Waals surface area contributed by atoms with Gasteiger partial charge in [0.25, 0.3) is 0 Å². The van der Waals surface area contributed by atoms with Crippen LogP contribution in [0.2, 0.25) is 0 Å². The molecular formula is C22H23N7OS2. The van der Waals surface area contributed by atoms with Crippen LogP contribution in [0.1, 0.15) is 5.56 Å². The highest BCUT2D eigenvalue weighted by Crippen LogP contribution is 2.29. The summed E-state index contributed by atoms with van der Waals surface area (Å²) in [5, 5.41) is 4.10. The first-order valence-corrected chi connectivity index (χ1v) is 12.7. The minimum Gasteiger partial charge on any atom is -0.598 e. The van der Waals surface area contributed by atoms with Gasteiger partial charge in [-0.05, 0) is 42.0 Å². The fourth-order valence-electron chi connectivity index (χ4n) is 3.71. The molecule has 0 bridgehead atoms. The van der Waals surface area contributed by atoms with Gasteiger partial charge in [-0.2, -0.15) is 0 Å². The van der Waals surface area contributed by atoms with Crippen molar-refractivity contribution in [2.45, 2.75) is 6.54 Å². The standard InChI is InChI=1S/C22H23N7OS2/c1-32(30)29-12-10-28(11-13-29)15-16-4-9-24-20(14-16)27-22-26-19-3-2-18(25-21(19)31-22)17-5-7-23-8-6-17/h2-9,14H,10-13,15H2,1H3,(H,24,26,27). The molecule has 1 atom stereocenters. The first kappa shape index (κ1) is 21.2. The van der Waals surface area contributed by atoms with Crippen molar-refractivity contribution in [3.8, 4) is 11.3 Å². The van der Waals surface area contributed by atoms with E-state index >= 15 is 0 Å². The molecule has 0 saturated carbocycles. The van der Waals surface area contributed by atoms with Crippen LogP contribution < -0.4 is 5.32 Å². The topological polar surface area (TPSA) is 93.1 Å². The van der Waals surface area contributed by atoms with Crippen LogP contribution in [0.25, 0.3) is 21.6 Å². The summed E-state index contributed by atoms with van der Waals surface area (Å²) in [7, 11) is 0. The number of aromatic nitrogens is 4. The molecule has 1 saturated heterocycles. The summed E-state index contributed by atoms with van der Waals surface area (Å²) in [6.07, 6.45) is 7.10. The van der Waals surface area contributed by atoms with Crippen molar-refractivity contribution in [2.75, 3.05) is 37.8 Å². The highest BCUT2D eigenvalue weighted by Gasteiger charge is 2.22. The van der Waals surface area contributed by atoms with Crippen LogP contribution in [0.5, 0.6) is 0 Å². The second kappa shape index (κ2) is 9.47. The number of fused-ring (bicyclic) bond motifs is 1. The first-order chi connectivity index (χ1) is 15.6. The molecule has 4 aromatic heterocycles. The molecule has 8 nitrogen and oxygen atoms in total. The zero-order valence-electron chi connectivity index (χ0n) is 17.6. The molecule has 0 amide bonds. The van der Waals surface area contributed by atoms with Gasteiger partial charge < -0.3 is 9.87 Å². The number of anilines is 2. The van der Waals surface area contributed by atoms with Gasteiger partial charge >= 0.3 is 0 Å². The Morgan fingerprint density at radius 3 is 2.62 bits per heavy atom. The van der Waals surface area contributed by atoms with Crippen molar-refractivity contribution in [3.05, 3.63) is 60.6 Å². The van der Waals surface area contributed by atoms with Crippen LogP contribution in [0.3, 0.4) is 0 Å². The molecule has 5 rings (SSSR count). The zero-order valence-corrected chi connectivity index (χ0v) is 19.3. The smallest absolute Gasteiger partial charge is 0.190 e. The van der Waals surface area contributed by atoms with E-state index in [1.165, 1.54) is 16.9 Å². The van der Waals surface area contributed by atoms with E-state index in [1.807, 2.05) is 40.8 Å². The van der Waals surface area contributed by atoms with E-state index in [9.17, 15) is 4.55 Å². The molecule has 1 aliphatic heterocycles. The number of rotatable bonds is 6. The van der Waals surface area contributed by atoms with E-state index in [4.69, 9.17) is 4.98 Å². The van der Waals surface area contributed by atoms with Crippen LogP contribution in [-0.2, 0) is 17.9 Å². The minimum atomic E-state index is -0.886. The third-order valence-electron chi connectivity index (χ3n) is 5.39. The van der Waals surface area contributed by atoms with Crippen molar-refractivity contribution >= 4 is 44.0 Å². The molecule has 1 N–H and O–H groups in total. The van der Waals surface area contributed by atoms with E-state index in [0.717, 1.165) is 65.3 Å². The maximum atomic E-state index is 11.6. The molecule has 1 unspecified atom stereocenters. The Morgan fingerprint density at radius 2 is 1.84 bits per heavy atom. The fraction of sp³-hybridized carbons (Fsp3) is 0.273. The molecule has 1 aliphatic rings. The molecule has 5 heterocycles. The molecule has 0 spiro atoms. The first-order valence-electron chi connectivity index (χ1n) is 10.3. The van der Waals surface area contributed by atoms with Gasteiger partial charge in [0, 0.05) is 55.2 Å². The largest absolute Gasteiger partial charge is 0.598 e. The second-order valence-electron chi connectivity index (χ2n) is 7.58. The lowest BCUT2D eigenvalue weighted by atomic mass is 10.2. The van der Waals surface area contributed by atoms with Crippen LogP contribution in [0.15, 0.2) is 55.0 Å². The third-order valence-corrected chi connectivity index (χ3v) is 7.36. The maximum absolute atomic E-state index is 11.6. The summed E-state index contributed by atoms with van der Waals surface area (Å²) in [6.45, 7) is 4.33. The summed E-state index contributed by atoms with van der Waals surface area (Å²) in [5.74, 6) is 0.768. The number of pyridine rings is 3. The summed E-state index contributed by atoms with van der Waals surface area (Å²) < 4.78 is 13.6.